The molecule has 5 nitrogen and oxygen atoms in total. The van der Waals surface area contributed by atoms with Gasteiger partial charge in [0.25, 0.3) is 11.8 Å². The highest BCUT2D eigenvalue weighted by atomic mass is 35.5. The molecule has 1 heterocycles. The second-order valence-corrected chi connectivity index (χ2v) is 4.54. The number of carbonyl (C=O) groups excluding carboxylic acids is 2. The van der Waals surface area contributed by atoms with Gasteiger partial charge < -0.3 is 0 Å². The molecule has 0 saturated heterocycles. The van der Waals surface area contributed by atoms with Crippen LogP contribution in [0.1, 0.15) is 20.7 Å². The largest absolute Gasteiger partial charge is 0.271 e. The third kappa shape index (κ3) is 3.26. The standard InChI is InChI=1S/C13H9Cl2N3O2/c14-10-5-1-4-9(11(10)15)13(20)18-17-12(19)8-3-2-6-16-7-8/h1-7H,(H,17,19)(H,18,20). The van der Waals surface area contributed by atoms with Crippen LogP contribution in [0.5, 0.6) is 0 Å². The molecule has 2 aromatic rings. The Morgan fingerprint density at radius 2 is 1.75 bits per heavy atom. The molecular weight excluding hydrogens is 301 g/mol. The second kappa shape index (κ2) is 6.36. The molecule has 1 aromatic heterocycles. The zero-order valence-corrected chi connectivity index (χ0v) is 11.6. The maximum absolute atomic E-state index is 11.9. The van der Waals surface area contributed by atoms with Gasteiger partial charge in [-0.2, -0.15) is 0 Å². The maximum atomic E-state index is 11.9. The summed E-state index contributed by atoms with van der Waals surface area (Å²) in [4.78, 5) is 27.4. The van der Waals surface area contributed by atoms with Gasteiger partial charge in [-0.25, -0.2) is 0 Å². The van der Waals surface area contributed by atoms with E-state index in [-0.39, 0.29) is 15.6 Å². The Labute approximate surface area is 124 Å². The number of amides is 2. The van der Waals surface area contributed by atoms with Crippen LogP contribution in [0.2, 0.25) is 10.0 Å². The first-order valence-electron chi connectivity index (χ1n) is 5.54. The number of hydrogen-bond acceptors (Lipinski definition) is 3. The van der Waals surface area contributed by atoms with Gasteiger partial charge in [-0.3, -0.25) is 25.4 Å². The number of hydrazine groups is 1. The van der Waals surface area contributed by atoms with Crippen molar-refractivity contribution in [2.24, 2.45) is 0 Å². The molecule has 0 radical (unpaired) electrons. The van der Waals surface area contributed by atoms with Crippen LogP contribution in [-0.2, 0) is 0 Å². The molecule has 2 N–H and O–H groups in total. The lowest BCUT2D eigenvalue weighted by atomic mass is 10.2. The lowest BCUT2D eigenvalue weighted by Gasteiger charge is -2.08. The summed E-state index contributed by atoms with van der Waals surface area (Å²) >= 11 is 11.7. The van der Waals surface area contributed by atoms with E-state index in [0.29, 0.717) is 5.56 Å². The molecule has 0 bridgehead atoms. The molecule has 0 fully saturated rings. The summed E-state index contributed by atoms with van der Waals surface area (Å²) in [5.74, 6) is -1.04. The van der Waals surface area contributed by atoms with Crippen molar-refractivity contribution < 1.29 is 9.59 Å². The van der Waals surface area contributed by atoms with E-state index in [1.165, 1.54) is 12.3 Å². The highest BCUT2D eigenvalue weighted by Gasteiger charge is 2.13. The van der Waals surface area contributed by atoms with Gasteiger partial charge >= 0.3 is 0 Å². The predicted molar refractivity (Wildman–Crippen MR) is 75.6 cm³/mol. The number of pyridine rings is 1. The minimum atomic E-state index is -0.560. The smallest absolute Gasteiger partial charge is 0.267 e. The zero-order valence-electron chi connectivity index (χ0n) is 10.1. The molecule has 1 aromatic carbocycles. The Hall–Kier alpha value is -2.11. The molecule has 102 valence electrons. The average Bonchev–Trinajstić information content (AvgIpc) is 2.48. The second-order valence-electron chi connectivity index (χ2n) is 3.75. The molecular formula is C13H9Cl2N3O2. The number of benzene rings is 1. The van der Waals surface area contributed by atoms with Gasteiger partial charge in [0, 0.05) is 12.4 Å². The maximum Gasteiger partial charge on any atom is 0.271 e. The molecule has 0 atom stereocenters. The van der Waals surface area contributed by atoms with E-state index in [1.54, 1.807) is 30.5 Å². The molecule has 0 aliphatic carbocycles. The Kier molecular flexibility index (Phi) is 4.55. The van der Waals surface area contributed by atoms with Crippen LogP contribution in [0.15, 0.2) is 42.7 Å². The summed E-state index contributed by atoms with van der Waals surface area (Å²) in [5.41, 5.74) is 5.02. The van der Waals surface area contributed by atoms with Crippen LogP contribution < -0.4 is 10.9 Å². The van der Waals surface area contributed by atoms with E-state index in [9.17, 15) is 9.59 Å². The number of rotatable bonds is 2. The minimum absolute atomic E-state index is 0.127. The van der Waals surface area contributed by atoms with Crippen molar-refractivity contribution in [1.82, 2.24) is 15.8 Å². The van der Waals surface area contributed by atoms with Crippen molar-refractivity contribution in [2.45, 2.75) is 0 Å². The fraction of sp³-hybridized carbons (Fsp3) is 0. The number of halogens is 2. The van der Waals surface area contributed by atoms with Gasteiger partial charge in [-0.15, -0.1) is 0 Å². The van der Waals surface area contributed by atoms with E-state index in [4.69, 9.17) is 23.2 Å². The minimum Gasteiger partial charge on any atom is -0.267 e. The van der Waals surface area contributed by atoms with E-state index >= 15 is 0 Å². The molecule has 0 aliphatic rings. The van der Waals surface area contributed by atoms with Crippen LogP contribution in [0.3, 0.4) is 0 Å². The number of hydrogen-bond donors (Lipinski definition) is 2. The summed E-state index contributed by atoms with van der Waals surface area (Å²) in [6.07, 6.45) is 2.93. The van der Waals surface area contributed by atoms with Gasteiger partial charge in [0.1, 0.15) is 0 Å². The highest BCUT2D eigenvalue weighted by Crippen LogP contribution is 2.25. The fourth-order valence-corrected chi connectivity index (χ4v) is 1.82. The lowest BCUT2D eigenvalue weighted by molar-refractivity contribution is 0.0846. The first kappa shape index (κ1) is 14.3. The molecule has 0 unspecified atom stereocenters. The van der Waals surface area contributed by atoms with E-state index in [2.05, 4.69) is 15.8 Å². The van der Waals surface area contributed by atoms with Gasteiger partial charge in [0.15, 0.2) is 0 Å². The van der Waals surface area contributed by atoms with E-state index in [0.717, 1.165) is 0 Å². The summed E-state index contributed by atoms with van der Waals surface area (Å²) in [6, 6.07) is 7.84. The Morgan fingerprint density at radius 3 is 2.45 bits per heavy atom. The van der Waals surface area contributed by atoms with Crippen molar-refractivity contribution in [3.8, 4) is 0 Å². The molecule has 20 heavy (non-hydrogen) atoms. The molecule has 7 heteroatoms. The summed E-state index contributed by atoms with van der Waals surface area (Å²) in [5, 5.41) is 0.389. The van der Waals surface area contributed by atoms with Crippen LogP contribution in [0.25, 0.3) is 0 Å². The topological polar surface area (TPSA) is 71.1 Å². The van der Waals surface area contributed by atoms with Crippen LogP contribution in [0.4, 0.5) is 0 Å². The summed E-state index contributed by atoms with van der Waals surface area (Å²) in [6.45, 7) is 0. The summed E-state index contributed by atoms with van der Waals surface area (Å²) in [7, 11) is 0. The van der Waals surface area contributed by atoms with Gasteiger partial charge in [-0.05, 0) is 24.3 Å². The van der Waals surface area contributed by atoms with Crippen molar-refractivity contribution in [3.63, 3.8) is 0 Å². The van der Waals surface area contributed by atoms with E-state index < -0.39 is 11.8 Å². The van der Waals surface area contributed by atoms with E-state index in [1.807, 2.05) is 0 Å². The first-order chi connectivity index (χ1) is 9.59. The molecule has 0 saturated carbocycles. The van der Waals surface area contributed by atoms with Crippen molar-refractivity contribution >= 4 is 35.0 Å². The fourth-order valence-electron chi connectivity index (χ4n) is 1.43. The van der Waals surface area contributed by atoms with Crippen LogP contribution in [0, 0.1) is 0 Å². The highest BCUT2D eigenvalue weighted by molar-refractivity contribution is 6.43. The third-order valence-corrected chi connectivity index (χ3v) is 3.23. The molecule has 0 aliphatic heterocycles. The Morgan fingerprint density at radius 1 is 1.00 bits per heavy atom. The molecule has 2 rings (SSSR count). The summed E-state index contributed by atoms with van der Waals surface area (Å²) < 4.78 is 0. The monoisotopic (exact) mass is 309 g/mol. The van der Waals surface area contributed by atoms with Gasteiger partial charge in [0.05, 0.1) is 21.2 Å². The quantitative estimate of drug-likeness (QED) is 0.837. The predicted octanol–water partition coefficient (Wildman–Crippen LogP) is 2.46. The zero-order chi connectivity index (χ0) is 14.5. The van der Waals surface area contributed by atoms with Crippen molar-refractivity contribution in [1.29, 1.82) is 0 Å². The van der Waals surface area contributed by atoms with Gasteiger partial charge in [0.2, 0.25) is 0 Å². The third-order valence-electron chi connectivity index (χ3n) is 2.41. The molecule has 0 spiro atoms. The van der Waals surface area contributed by atoms with Crippen LogP contribution in [-0.4, -0.2) is 16.8 Å². The number of aromatic nitrogens is 1. The van der Waals surface area contributed by atoms with Crippen molar-refractivity contribution in [3.05, 3.63) is 63.9 Å². The SMILES string of the molecule is O=C(NNC(=O)c1cccc(Cl)c1Cl)c1cccnc1. The normalized spacial score (nSPS) is 9.90. The lowest BCUT2D eigenvalue weighted by Crippen LogP contribution is -2.41. The van der Waals surface area contributed by atoms with Gasteiger partial charge in [-0.1, -0.05) is 29.3 Å². The number of nitrogens with zero attached hydrogens (tertiary/aromatic N) is 1. The molecule has 2 amide bonds. The Balaban J connectivity index is 2.03. The average molecular weight is 310 g/mol. The number of carbonyl (C=O) groups is 2. The van der Waals surface area contributed by atoms with Crippen LogP contribution >= 0.6 is 23.2 Å². The van der Waals surface area contributed by atoms with Crippen molar-refractivity contribution in [2.75, 3.05) is 0 Å². The number of nitrogens with one attached hydrogen (secondary N) is 2. The first-order valence-corrected chi connectivity index (χ1v) is 6.30. The Bertz CT molecular complexity index is 647.